The molecule has 7 nitrogen and oxygen atoms in total. The molecule has 0 radical (unpaired) electrons. The Morgan fingerprint density at radius 1 is 1.09 bits per heavy atom. The molecule has 246 valence electrons. The van der Waals surface area contributed by atoms with Crippen molar-refractivity contribution in [2.75, 3.05) is 44.4 Å². The predicted molar refractivity (Wildman–Crippen MR) is 183 cm³/mol. The van der Waals surface area contributed by atoms with E-state index in [1.807, 2.05) is 22.8 Å². The molecule has 1 aromatic heterocycles. The minimum atomic E-state index is -2.11. The topological polar surface area (TPSA) is 70.0 Å². The highest BCUT2D eigenvalue weighted by Gasteiger charge is 2.39. The van der Waals surface area contributed by atoms with Crippen LogP contribution in [0.4, 0.5) is 10.1 Å². The zero-order chi connectivity index (χ0) is 33.3. The van der Waals surface area contributed by atoms with Crippen LogP contribution >= 0.6 is 11.6 Å². The van der Waals surface area contributed by atoms with Crippen molar-refractivity contribution in [2.45, 2.75) is 79.1 Å². The quantitative estimate of drug-likeness (QED) is 0.171. The summed E-state index contributed by atoms with van der Waals surface area (Å²) in [5.74, 6) is -1.15. The third kappa shape index (κ3) is 7.81. The predicted octanol–water partition coefficient (Wildman–Crippen LogP) is 8.01. The molecule has 1 aliphatic rings. The molecular formula is C35H48ClFN2O5Si. The maximum absolute atomic E-state index is 15.3. The second-order valence-electron chi connectivity index (χ2n) is 14.5. The molecule has 1 saturated heterocycles. The lowest BCUT2D eigenvalue weighted by Gasteiger charge is -2.40. The van der Waals surface area contributed by atoms with Gasteiger partial charge in [-0.25, -0.2) is 9.18 Å². The molecule has 0 amide bonds. The molecule has 0 N–H and O–H groups in total. The number of fused-ring (bicyclic) bond motifs is 1. The maximum Gasteiger partial charge on any atom is 0.343 e. The fraction of sp³-hybridized carbons (Fsp3) is 0.543. The zero-order valence-corrected chi connectivity index (χ0v) is 29.9. The van der Waals surface area contributed by atoms with E-state index in [-0.39, 0.29) is 40.1 Å². The summed E-state index contributed by atoms with van der Waals surface area (Å²) < 4.78 is 34.8. The van der Waals surface area contributed by atoms with Crippen LogP contribution in [-0.4, -0.2) is 58.4 Å². The van der Waals surface area contributed by atoms with Gasteiger partial charge >= 0.3 is 5.97 Å². The van der Waals surface area contributed by atoms with Gasteiger partial charge in [-0.2, -0.15) is 0 Å². The van der Waals surface area contributed by atoms with Crippen LogP contribution < -0.4 is 10.3 Å². The Bertz CT molecular complexity index is 1600. The largest absolute Gasteiger partial charge is 0.462 e. The fourth-order valence-electron chi connectivity index (χ4n) is 5.36. The Morgan fingerprint density at radius 2 is 1.76 bits per heavy atom. The number of carbonyl (C=O) groups is 1. The van der Waals surface area contributed by atoms with Crippen LogP contribution in [0.2, 0.25) is 23.2 Å². The number of benzene rings is 2. The van der Waals surface area contributed by atoms with E-state index in [9.17, 15) is 9.59 Å². The van der Waals surface area contributed by atoms with Gasteiger partial charge in [0.2, 0.25) is 5.43 Å². The van der Waals surface area contributed by atoms with Crippen LogP contribution in [0.5, 0.6) is 0 Å². The van der Waals surface area contributed by atoms with E-state index in [0.29, 0.717) is 49.4 Å². The number of carbonyl (C=O) groups excluding carboxylic acids is 1. The standard InChI is InChI=1S/C35H48ClFN2O5Si/c1-10-43-33(41)27-21-39(30(34(2,3)4)22-44-45(8,9)35(5,6)7)29-12-11-23(18-26(29)32(27)40)17-24-19-25(20-28(36)31(24)37)38-13-15-42-16-14-38/h11-12,18-21,30H,10,13-17,22H2,1-9H3/t30-/m1/s1. The highest BCUT2D eigenvalue weighted by molar-refractivity contribution is 6.74. The summed E-state index contributed by atoms with van der Waals surface area (Å²) in [6, 6.07) is 8.82. The van der Waals surface area contributed by atoms with Crippen molar-refractivity contribution in [1.82, 2.24) is 4.57 Å². The van der Waals surface area contributed by atoms with Gasteiger partial charge in [0, 0.05) is 36.8 Å². The normalized spacial score (nSPS) is 15.4. The van der Waals surface area contributed by atoms with Gasteiger partial charge in [-0.3, -0.25) is 4.79 Å². The molecule has 2 heterocycles. The monoisotopic (exact) mass is 658 g/mol. The van der Waals surface area contributed by atoms with Gasteiger partial charge in [-0.15, -0.1) is 0 Å². The number of rotatable bonds is 9. The van der Waals surface area contributed by atoms with Gasteiger partial charge in [-0.1, -0.05) is 59.2 Å². The summed E-state index contributed by atoms with van der Waals surface area (Å²) in [4.78, 5) is 29.1. The number of pyridine rings is 1. The van der Waals surface area contributed by atoms with E-state index in [1.54, 1.807) is 25.3 Å². The van der Waals surface area contributed by atoms with E-state index >= 15 is 4.39 Å². The average molecular weight is 659 g/mol. The Kier molecular flexibility index (Phi) is 10.6. The average Bonchev–Trinajstić information content (AvgIpc) is 2.95. The van der Waals surface area contributed by atoms with E-state index < -0.39 is 25.5 Å². The molecule has 0 bridgehead atoms. The van der Waals surface area contributed by atoms with Crippen molar-refractivity contribution < 1.29 is 23.1 Å². The molecule has 3 aromatic rings. The maximum atomic E-state index is 15.3. The molecule has 45 heavy (non-hydrogen) atoms. The molecule has 0 aliphatic carbocycles. The van der Waals surface area contributed by atoms with Crippen molar-refractivity contribution in [3.05, 3.63) is 74.3 Å². The van der Waals surface area contributed by atoms with Crippen molar-refractivity contribution >= 4 is 42.5 Å². The lowest BCUT2D eigenvalue weighted by atomic mass is 9.86. The lowest BCUT2D eigenvalue weighted by molar-refractivity contribution is 0.0522. The zero-order valence-electron chi connectivity index (χ0n) is 28.2. The number of hydrogen-bond donors (Lipinski definition) is 0. The first-order valence-corrected chi connectivity index (χ1v) is 19.0. The molecule has 1 fully saturated rings. The number of hydrogen-bond acceptors (Lipinski definition) is 6. The molecule has 0 saturated carbocycles. The number of esters is 1. The van der Waals surface area contributed by atoms with E-state index in [0.717, 1.165) is 11.3 Å². The SMILES string of the molecule is CCOC(=O)c1cn([C@H](CO[Si](C)(C)C(C)(C)C)C(C)(C)C)c2ccc(Cc3cc(N4CCOCC4)cc(Cl)c3F)cc2c1=O. The van der Waals surface area contributed by atoms with Crippen molar-refractivity contribution in [3.63, 3.8) is 0 Å². The molecule has 0 spiro atoms. The van der Waals surface area contributed by atoms with E-state index in [1.165, 1.54) is 0 Å². The van der Waals surface area contributed by atoms with E-state index in [4.69, 9.17) is 25.5 Å². The molecule has 1 aliphatic heterocycles. The molecule has 10 heteroatoms. The Balaban J connectivity index is 1.83. The number of nitrogens with zero attached hydrogens (tertiary/aromatic N) is 2. The van der Waals surface area contributed by atoms with Crippen LogP contribution in [0, 0.1) is 11.2 Å². The lowest BCUT2D eigenvalue weighted by Crippen LogP contribution is -2.43. The second kappa shape index (κ2) is 13.6. The van der Waals surface area contributed by atoms with Gasteiger partial charge in [0.25, 0.3) is 0 Å². The summed E-state index contributed by atoms with van der Waals surface area (Å²) >= 11 is 6.35. The first kappa shape index (κ1) is 35.1. The number of morpholine rings is 1. The highest BCUT2D eigenvalue weighted by atomic mass is 35.5. The molecule has 4 rings (SSSR count). The number of aromatic nitrogens is 1. The van der Waals surface area contributed by atoms with Crippen LogP contribution in [0.3, 0.4) is 0 Å². The minimum absolute atomic E-state index is 0.0172. The van der Waals surface area contributed by atoms with Crippen molar-refractivity contribution in [2.24, 2.45) is 5.41 Å². The van der Waals surface area contributed by atoms with E-state index in [2.05, 4.69) is 59.5 Å². The number of ether oxygens (including phenoxy) is 2. The summed E-state index contributed by atoms with van der Waals surface area (Å²) in [6.07, 6.45) is 1.85. The second-order valence-corrected chi connectivity index (χ2v) is 19.7. The van der Waals surface area contributed by atoms with Crippen LogP contribution in [0.15, 0.2) is 41.3 Å². The summed E-state index contributed by atoms with van der Waals surface area (Å²) in [5, 5.41) is 0.440. The van der Waals surface area contributed by atoms with Gasteiger partial charge in [-0.05, 0) is 65.9 Å². The smallest absolute Gasteiger partial charge is 0.343 e. The van der Waals surface area contributed by atoms with Gasteiger partial charge in [0.05, 0.1) is 43.0 Å². The van der Waals surface area contributed by atoms with Gasteiger partial charge in [0.15, 0.2) is 8.32 Å². The van der Waals surface area contributed by atoms with Crippen LogP contribution in [0.25, 0.3) is 10.9 Å². The van der Waals surface area contributed by atoms with Gasteiger partial charge in [0.1, 0.15) is 11.4 Å². The molecule has 0 unspecified atom stereocenters. The molecule has 2 aromatic carbocycles. The fourth-order valence-corrected chi connectivity index (χ4v) is 6.60. The summed E-state index contributed by atoms with van der Waals surface area (Å²) in [6.45, 7) is 22.3. The first-order valence-electron chi connectivity index (χ1n) is 15.7. The Labute approximate surface area is 272 Å². The Morgan fingerprint density at radius 3 is 2.36 bits per heavy atom. The minimum Gasteiger partial charge on any atom is -0.462 e. The third-order valence-corrected chi connectivity index (χ3v) is 14.0. The highest BCUT2D eigenvalue weighted by Crippen LogP contribution is 2.40. The summed E-state index contributed by atoms with van der Waals surface area (Å²) in [5.41, 5.74) is 1.94. The Hall–Kier alpha value is -2.72. The van der Waals surface area contributed by atoms with Crippen LogP contribution in [0.1, 0.15) is 76.0 Å². The number of halogens is 2. The third-order valence-electron chi connectivity index (χ3n) is 9.19. The summed E-state index contributed by atoms with van der Waals surface area (Å²) in [7, 11) is -2.11. The number of anilines is 1. The van der Waals surface area contributed by atoms with Gasteiger partial charge < -0.3 is 23.4 Å². The van der Waals surface area contributed by atoms with Crippen LogP contribution in [-0.2, 0) is 20.3 Å². The van der Waals surface area contributed by atoms with Crippen molar-refractivity contribution in [3.8, 4) is 0 Å². The van der Waals surface area contributed by atoms with Crippen molar-refractivity contribution in [1.29, 1.82) is 0 Å². The first-order chi connectivity index (χ1) is 20.9. The molecule has 1 atom stereocenters. The molecular weight excluding hydrogens is 611 g/mol.